The zero-order valence-electron chi connectivity index (χ0n) is 13.9. The van der Waals surface area contributed by atoms with E-state index in [4.69, 9.17) is 9.47 Å². The predicted molar refractivity (Wildman–Crippen MR) is 95.8 cm³/mol. The van der Waals surface area contributed by atoms with E-state index in [2.05, 4.69) is 4.98 Å². The summed E-state index contributed by atoms with van der Waals surface area (Å²) in [5, 5.41) is 10.3. The number of methoxy groups -OCH3 is 2. The van der Waals surface area contributed by atoms with Gasteiger partial charge in [0, 0.05) is 28.7 Å². The highest BCUT2D eigenvalue weighted by molar-refractivity contribution is 6.19. The van der Waals surface area contributed by atoms with Crippen LogP contribution >= 0.6 is 0 Å². The number of carbonyl (C=O) groups is 1. The monoisotopic (exact) mass is 332 g/mol. The summed E-state index contributed by atoms with van der Waals surface area (Å²) < 4.78 is 10.4. The number of hydrogen-bond acceptors (Lipinski definition) is 4. The molecule has 0 aliphatic carbocycles. The molecule has 0 saturated carbocycles. The number of ether oxygens (including phenoxy) is 2. The van der Waals surface area contributed by atoms with E-state index >= 15 is 0 Å². The number of rotatable bonds is 5. The molecule has 25 heavy (non-hydrogen) atoms. The van der Waals surface area contributed by atoms with E-state index < -0.39 is 0 Å². The van der Waals surface area contributed by atoms with Crippen LogP contribution in [0.4, 0.5) is 0 Å². The Kier molecular flexibility index (Phi) is 4.53. The third kappa shape index (κ3) is 3.24. The summed E-state index contributed by atoms with van der Waals surface area (Å²) in [6, 6.07) is 14.7. The summed E-state index contributed by atoms with van der Waals surface area (Å²) in [6.45, 7) is 0. The number of ketones is 1. The van der Waals surface area contributed by atoms with Crippen molar-refractivity contribution in [3.63, 3.8) is 0 Å². The largest absolute Gasteiger partial charge is 0.497 e. The molecule has 0 atom stereocenters. The minimum atomic E-state index is -0.332. The average Bonchev–Trinajstić information content (AvgIpc) is 3.09. The normalized spacial score (nSPS) is 11.2. The van der Waals surface area contributed by atoms with E-state index in [0.29, 0.717) is 22.6 Å². The Bertz CT molecular complexity index is 987. The van der Waals surface area contributed by atoms with Gasteiger partial charge in [-0.3, -0.25) is 4.79 Å². The number of para-hydroxylation sites is 1. The highest BCUT2D eigenvalue weighted by atomic mass is 16.5. The zero-order chi connectivity index (χ0) is 17.8. The molecule has 0 spiro atoms. The molecule has 0 bridgehead atoms. The third-order valence-corrected chi connectivity index (χ3v) is 3.88. The summed E-state index contributed by atoms with van der Waals surface area (Å²) in [5.41, 5.74) is 2.02. The number of hydrogen-bond donors (Lipinski definition) is 1. The van der Waals surface area contributed by atoms with Crippen molar-refractivity contribution in [1.29, 1.82) is 5.26 Å². The zero-order valence-corrected chi connectivity index (χ0v) is 13.9. The number of nitrogens with one attached hydrogen (secondary N) is 1. The molecular formula is C20H16N2O3. The standard InChI is InChI=1S/C20H16N2O3/c1-24-15-8-13(9-16(10-15)25-2)7-14(11-21)20(23)18-12-22-19-6-4-3-5-17(18)19/h3-10,12,22H,1-2H3/b14-7+. The number of benzene rings is 2. The Labute approximate surface area is 145 Å². The van der Waals surface area contributed by atoms with Crippen molar-refractivity contribution in [2.24, 2.45) is 0 Å². The summed E-state index contributed by atoms with van der Waals surface area (Å²) in [7, 11) is 3.09. The van der Waals surface area contributed by atoms with Gasteiger partial charge in [0.1, 0.15) is 23.1 Å². The quantitative estimate of drug-likeness (QED) is 0.436. The van der Waals surface area contributed by atoms with Crippen molar-refractivity contribution in [3.05, 3.63) is 65.4 Å². The van der Waals surface area contributed by atoms with Crippen LogP contribution in [0.25, 0.3) is 17.0 Å². The SMILES string of the molecule is COc1cc(/C=C(\C#N)C(=O)c2c[nH]c3ccccc23)cc(OC)c1. The van der Waals surface area contributed by atoms with Crippen LogP contribution in [0.1, 0.15) is 15.9 Å². The molecule has 2 aromatic carbocycles. The smallest absolute Gasteiger partial charge is 0.205 e. The Morgan fingerprint density at radius 2 is 1.80 bits per heavy atom. The molecule has 0 aliphatic heterocycles. The van der Waals surface area contributed by atoms with Crippen LogP contribution in [0.3, 0.4) is 0 Å². The number of allylic oxidation sites excluding steroid dienone is 1. The number of carbonyl (C=O) groups excluding carboxylic acids is 1. The molecule has 1 heterocycles. The molecule has 3 aromatic rings. The average molecular weight is 332 g/mol. The van der Waals surface area contributed by atoms with Crippen molar-refractivity contribution in [3.8, 4) is 17.6 Å². The Morgan fingerprint density at radius 1 is 1.12 bits per heavy atom. The molecule has 1 aromatic heterocycles. The molecule has 124 valence electrons. The van der Waals surface area contributed by atoms with E-state index in [1.54, 1.807) is 38.6 Å². The number of aromatic nitrogens is 1. The van der Waals surface area contributed by atoms with E-state index in [9.17, 15) is 10.1 Å². The Morgan fingerprint density at radius 3 is 2.44 bits per heavy atom. The van der Waals surface area contributed by atoms with Crippen molar-refractivity contribution in [2.45, 2.75) is 0 Å². The number of Topliss-reactive ketones (excluding diaryl/α,β-unsaturated/α-hetero) is 1. The fraction of sp³-hybridized carbons (Fsp3) is 0.100. The minimum absolute atomic E-state index is 0.0417. The van der Waals surface area contributed by atoms with Gasteiger partial charge in [0.25, 0.3) is 0 Å². The van der Waals surface area contributed by atoms with Gasteiger partial charge >= 0.3 is 0 Å². The van der Waals surface area contributed by atoms with E-state index in [0.717, 1.165) is 10.9 Å². The third-order valence-electron chi connectivity index (χ3n) is 3.88. The summed E-state index contributed by atoms with van der Waals surface area (Å²) >= 11 is 0. The van der Waals surface area contributed by atoms with Gasteiger partial charge in [0.15, 0.2) is 0 Å². The maximum atomic E-state index is 12.8. The number of nitrogens with zero attached hydrogens (tertiary/aromatic N) is 1. The minimum Gasteiger partial charge on any atom is -0.497 e. The molecule has 0 unspecified atom stereocenters. The Balaban J connectivity index is 2.04. The first-order chi connectivity index (χ1) is 12.2. The number of fused-ring (bicyclic) bond motifs is 1. The van der Waals surface area contributed by atoms with Crippen LogP contribution < -0.4 is 9.47 Å². The summed E-state index contributed by atoms with van der Waals surface area (Å²) in [4.78, 5) is 15.8. The van der Waals surface area contributed by atoms with Crippen molar-refractivity contribution in [2.75, 3.05) is 14.2 Å². The van der Waals surface area contributed by atoms with Crippen LogP contribution in [-0.2, 0) is 0 Å². The van der Waals surface area contributed by atoms with Crippen molar-refractivity contribution >= 4 is 22.8 Å². The lowest BCUT2D eigenvalue weighted by Crippen LogP contribution is -2.01. The second kappa shape index (κ2) is 6.93. The molecule has 0 fully saturated rings. The topological polar surface area (TPSA) is 75.1 Å². The second-order valence-electron chi connectivity index (χ2n) is 5.39. The van der Waals surface area contributed by atoms with Gasteiger partial charge in [0.05, 0.1) is 14.2 Å². The lowest BCUT2D eigenvalue weighted by Gasteiger charge is -2.06. The number of nitriles is 1. The molecule has 5 heteroatoms. The number of H-pyrrole nitrogens is 1. The fourth-order valence-electron chi connectivity index (χ4n) is 2.63. The van der Waals surface area contributed by atoms with E-state index in [1.807, 2.05) is 30.3 Å². The molecule has 0 radical (unpaired) electrons. The van der Waals surface area contributed by atoms with Gasteiger partial charge in [-0.05, 0) is 29.8 Å². The Hall–Kier alpha value is -3.52. The second-order valence-corrected chi connectivity index (χ2v) is 5.39. The van der Waals surface area contributed by atoms with Gasteiger partial charge in [-0.1, -0.05) is 18.2 Å². The van der Waals surface area contributed by atoms with Gasteiger partial charge in [-0.15, -0.1) is 0 Å². The van der Waals surface area contributed by atoms with Crippen LogP contribution in [0, 0.1) is 11.3 Å². The van der Waals surface area contributed by atoms with E-state index in [-0.39, 0.29) is 11.4 Å². The first-order valence-corrected chi connectivity index (χ1v) is 7.62. The van der Waals surface area contributed by atoms with Crippen LogP contribution in [-0.4, -0.2) is 25.0 Å². The number of aromatic amines is 1. The maximum absolute atomic E-state index is 12.8. The predicted octanol–water partition coefficient (Wildman–Crippen LogP) is 3.97. The molecule has 0 amide bonds. The lowest BCUT2D eigenvalue weighted by atomic mass is 10.0. The molecule has 1 N–H and O–H groups in total. The van der Waals surface area contributed by atoms with Crippen LogP contribution in [0.15, 0.2) is 54.2 Å². The van der Waals surface area contributed by atoms with E-state index in [1.165, 1.54) is 6.08 Å². The fourth-order valence-corrected chi connectivity index (χ4v) is 2.63. The molecule has 0 aliphatic rings. The van der Waals surface area contributed by atoms with Crippen LogP contribution in [0.5, 0.6) is 11.5 Å². The molecule has 5 nitrogen and oxygen atoms in total. The summed E-state index contributed by atoms with van der Waals surface area (Å²) in [5.74, 6) is 0.839. The van der Waals surface area contributed by atoms with Gasteiger partial charge in [-0.2, -0.15) is 5.26 Å². The first kappa shape index (κ1) is 16.3. The van der Waals surface area contributed by atoms with Gasteiger partial charge < -0.3 is 14.5 Å². The maximum Gasteiger partial charge on any atom is 0.205 e. The van der Waals surface area contributed by atoms with Crippen LogP contribution in [0.2, 0.25) is 0 Å². The molecular weight excluding hydrogens is 316 g/mol. The highest BCUT2D eigenvalue weighted by Crippen LogP contribution is 2.26. The lowest BCUT2D eigenvalue weighted by molar-refractivity contribution is 0.104. The molecule has 0 saturated heterocycles. The summed E-state index contributed by atoms with van der Waals surface area (Å²) in [6.07, 6.45) is 3.17. The molecule has 3 rings (SSSR count). The van der Waals surface area contributed by atoms with Crippen molar-refractivity contribution in [1.82, 2.24) is 4.98 Å². The van der Waals surface area contributed by atoms with Gasteiger partial charge in [0.2, 0.25) is 5.78 Å². The highest BCUT2D eigenvalue weighted by Gasteiger charge is 2.16. The van der Waals surface area contributed by atoms with Crippen molar-refractivity contribution < 1.29 is 14.3 Å². The first-order valence-electron chi connectivity index (χ1n) is 7.62. The van der Waals surface area contributed by atoms with Gasteiger partial charge in [-0.25, -0.2) is 0 Å².